The summed E-state index contributed by atoms with van der Waals surface area (Å²) in [6, 6.07) is 3.89. The molecule has 82 valence electrons. The summed E-state index contributed by atoms with van der Waals surface area (Å²) in [5.41, 5.74) is 5.80. The predicted molar refractivity (Wildman–Crippen MR) is 57.5 cm³/mol. The topological polar surface area (TPSA) is 60.9 Å². The van der Waals surface area contributed by atoms with E-state index in [1.165, 1.54) is 29.0 Å². The number of aryl methyl sites for hydroxylation is 1. The molecule has 0 radical (unpaired) electrons. The van der Waals surface area contributed by atoms with Crippen molar-refractivity contribution < 1.29 is 9.18 Å². The Morgan fingerprint density at radius 2 is 2.25 bits per heavy atom. The van der Waals surface area contributed by atoms with Gasteiger partial charge in [-0.1, -0.05) is 0 Å². The molecule has 5 heteroatoms. The van der Waals surface area contributed by atoms with Crippen molar-refractivity contribution in [2.24, 2.45) is 7.05 Å². The molecule has 0 saturated heterocycles. The van der Waals surface area contributed by atoms with Crippen LogP contribution in [0.15, 0.2) is 30.6 Å². The molecule has 1 aromatic heterocycles. The quantitative estimate of drug-likeness (QED) is 0.613. The molecular formula is C11H10FN3O. The number of halogens is 1. The first-order valence-corrected chi connectivity index (χ1v) is 4.66. The summed E-state index contributed by atoms with van der Waals surface area (Å²) < 4.78 is 15.0. The van der Waals surface area contributed by atoms with Gasteiger partial charge in [0, 0.05) is 25.1 Å². The Morgan fingerprint density at radius 3 is 2.88 bits per heavy atom. The van der Waals surface area contributed by atoms with Crippen LogP contribution in [-0.2, 0) is 7.05 Å². The minimum absolute atomic E-state index is 0.0608. The molecule has 0 amide bonds. The summed E-state index contributed by atoms with van der Waals surface area (Å²) in [5, 5.41) is 0. The zero-order valence-corrected chi connectivity index (χ0v) is 8.64. The van der Waals surface area contributed by atoms with Gasteiger partial charge in [0.1, 0.15) is 5.82 Å². The number of hydrogen-bond donors (Lipinski definition) is 1. The number of carbonyl (C=O) groups is 1. The summed E-state index contributed by atoms with van der Waals surface area (Å²) in [6.45, 7) is 0. The molecule has 0 bridgehead atoms. The van der Waals surface area contributed by atoms with E-state index in [1.54, 1.807) is 13.2 Å². The Labute approximate surface area is 91.5 Å². The second kappa shape index (κ2) is 3.77. The van der Waals surface area contributed by atoms with Crippen LogP contribution in [0.25, 0.3) is 0 Å². The predicted octanol–water partition coefficient (Wildman–Crippen LogP) is 1.37. The van der Waals surface area contributed by atoms with E-state index < -0.39 is 11.6 Å². The van der Waals surface area contributed by atoms with Crippen LogP contribution in [0.3, 0.4) is 0 Å². The van der Waals surface area contributed by atoms with Gasteiger partial charge in [-0.3, -0.25) is 4.79 Å². The van der Waals surface area contributed by atoms with E-state index >= 15 is 0 Å². The molecule has 0 fully saturated rings. The number of anilines is 1. The van der Waals surface area contributed by atoms with E-state index in [0.29, 0.717) is 5.69 Å². The fraction of sp³-hybridized carbons (Fsp3) is 0.0909. The molecule has 0 spiro atoms. The van der Waals surface area contributed by atoms with E-state index in [4.69, 9.17) is 5.73 Å². The average molecular weight is 219 g/mol. The molecule has 0 aliphatic carbocycles. The van der Waals surface area contributed by atoms with Gasteiger partial charge in [-0.25, -0.2) is 9.37 Å². The Morgan fingerprint density at radius 1 is 1.50 bits per heavy atom. The lowest BCUT2D eigenvalue weighted by atomic mass is 10.1. The Kier molecular flexibility index (Phi) is 2.44. The molecule has 2 rings (SSSR count). The highest BCUT2D eigenvalue weighted by molar-refractivity contribution is 6.07. The fourth-order valence-electron chi connectivity index (χ4n) is 1.42. The molecule has 0 atom stereocenters. The monoisotopic (exact) mass is 219 g/mol. The number of nitrogen functional groups attached to an aromatic ring is 1. The summed E-state index contributed by atoms with van der Waals surface area (Å²) >= 11 is 0. The highest BCUT2D eigenvalue weighted by atomic mass is 19.1. The van der Waals surface area contributed by atoms with Crippen LogP contribution >= 0.6 is 0 Å². The van der Waals surface area contributed by atoms with Crippen LogP contribution in [0.4, 0.5) is 10.1 Å². The molecule has 0 unspecified atom stereocenters. The molecular weight excluding hydrogens is 209 g/mol. The molecule has 0 saturated carbocycles. The smallest absolute Gasteiger partial charge is 0.231 e. The minimum Gasteiger partial charge on any atom is -0.399 e. The third kappa shape index (κ3) is 1.67. The summed E-state index contributed by atoms with van der Waals surface area (Å²) in [7, 11) is 1.67. The first-order valence-electron chi connectivity index (χ1n) is 4.66. The van der Waals surface area contributed by atoms with Gasteiger partial charge >= 0.3 is 0 Å². The number of ketones is 1. The Balaban J connectivity index is 2.49. The number of imidazole rings is 1. The van der Waals surface area contributed by atoms with Crippen LogP contribution in [0, 0.1) is 5.82 Å². The first-order chi connectivity index (χ1) is 7.59. The van der Waals surface area contributed by atoms with Crippen molar-refractivity contribution in [3.05, 3.63) is 47.8 Å². The number of nitrogens with two attached hydrogens (primary N) is 1. The van der Waals surface area contributed by atoms with Gasteiger partial charge in [0.15, 0.2) is 5.82 Å². The zero-order valence-electron chi connectivity index (χ0n) is 8.64. The van der Waals surface area contributed by atoms with Gasteiger partial charge in [-0.2, -0.15) is 0 Å². The number of rotatable bonds is 2. The molecule has 0 aliphatic heterocycles. The van der Waals surface area contributed by atoms with Crippen LogP contribution in [0.2, 0.25) is 0 Å². The zero-order chi connectivity index (χ0) is 11.7. The van der Waals surface area contributed by atoms with Crippen molar-refractivity contribution in [3.63, 3.8) is 0 Å². The van der Waals surface area contributed by atoms with Crippen LogP contribution in [0.5, 0.6) is 0 Å². The molecule has 2 aromatic rings. The molecule has 1 aromatic carbocycles. The van der Waals surface area contributed by atoms with Crippen molar-refractivity contribution in [1.82, 2.24) is 9.55 Å². The van der Waals surface area contributed by atoms with Gasteiger partial charge in [0.25, 0.3) is 0 Å². The number of aromatic nitrogens is 2. The van der Waals surface area contributed by atoms with Gasteiger partial charge in [0.2, 0.25) is 5.78 Å². The average Bonchev–Trinajstić information content (AvgIpc) is 2.67. The maximum Gasteiger partial charge on any atom is 0.231 e. The number of hydrogen-bond acceptors (Lipinski definition) is 3. The normalized spacial score (nSPS) is 10.4. The highest BCUT2D eigenvalue weighted by Gasteiger charge is 2.17. The fourth-order valence-corrected chi connectivity index (χ4v) is 1.42. The summed E-state index contributed by atoms with van der Waals surface area (Å²) in [5.74, 6) is -0.885. The highest BCUT2D eigenvalue weighted by Crippen LogP contribution is 2.15. The van der Waals surface area contributed by atoms with E-state index in [1.807, 2.05) is 0 Å². The van der Waals surface area contributed by atoms with Crippen molar-refractivity contribution in [3.8, 4) is 0 Å². The molecule has 2 N–H and O–H groups in total. The second-order valence-electron chi connectivity index (χ2n) is 3.43. The van der Waals surface area contributed by atoms with Gasteiger partial charge in [0.05, 0.1) is 5.56 Å². The summed E-state index contributed by atoms with van der Waals surface area (Å²) in [4.78, 5) is 15.8. The van der Waals surface area contributed by atoms with E-state index in [9.17, 15) is 9.18 Å². The van der Waals surface area contributed by atoms with Crippen molar-refractivity contribution in [2.75, 3.05) is 5.73 Å². The van der Waals surface area contributed by atoms with E-state index in [2.05, 4.69) is 4.98 Å². The molecule has 0 aliphatic rings. The number of carbonyl (C=O) groups excluding carboxylic acids is 1. The molecule has 4 nitrogen and oxygen atoms in total. The van der Waals surface area contributed by atoms with Gasteiger partial charge in [-0.15, -0.1) is 0 Å². The second-order valence-corrected chi connectivity index (χ2v) is 3.43. The minimum atomic E-state index is -0.595. The van der Waals surface area contributed by atoms with E-state index in [-0.39, 0.29) is 11.4 Å². The maximum absolute atomic E-state index is 13.4. The first kappa shape index (κ1) is 10.4. The third-order valence-electron chi connectivity index (χ3n) is 2.26. The van der Waals surface area contributed by atoms with Crippen molar-refractivity contribution in [2.45, 2.75) is 0 Å². The van der Waals surface area contributed by atoms with Crippen LogP contribution in [0.1, 0.15) is 16.2 Å². The molecule has 16 heavy (non-hydrogen) atoms. The third-order valence-corrected chi connectivity index (χ3v) is 2.26. The Hall–Kier alpha value is -2.17. The summed E-state index contributed by atoms with van der Waals surface area (Å²) in [6.07, 6.45) is 3.11. The van der Waals surface area contributed by atoms with Gasteiger partial charge < -0.3 is 10.3 Å². The standard InChI is InChI=1S/C11H10FN3O/c1-15-5-4-14-11(15)10(16)8-6-7(13)2-3-9(8)12/h2-6H,13H2,1H3. The lowest BCUT2D eigenvalue weighted by Crippen LogP contribution is -2.11. The Bertz CT molecular complexity index is 548. The van der Waals surface area contributed by atoms with Crippen LogP contribution in [-0.4, -0.2) is 15.3 Å². The largest absolute Gasteiger partial charge is 0.399 e. The SMILES string of the molecule is Cn1ccnc1C(=O)c1cc(N)ccc1F. The lowest BCUT2D eigenvalue weighted by molar-refractivity contribution is 0.102. The number of nitrogens with zero attached hydrogens (tertiary/aromatic N) is 2. The van der Waals surface area contributed by atoms with Crippen molar-refractivity contribution in [1.29, 1.82) is 0 Å². The number of benzene rings is 1. The molecule has 1 heterocycles. The van der Waals surface area contributed by atoms with Gasteiger partial charge in [-0.05, 0) is 18.2 Å². The van der Waals surface area contributed by atoms with Crippen molar-refractivity contribution >= 4 is 11.5 Å². The maximum atomic E-state index is 13.4. The van der Waals surface area contributed by atoms with Crippen LogP contribution < -0.4 is 5.73 Å². The lowest BCUT2D eigenvalue weighted by Gasteiger charge is -2.03. The van der Waals surface area contributed by atoms with E-state index in [0.717, 1.165) is 0 Å².